The van der Waals surface area contributed by atoms with Gasteiger partial charge in [-0.05, 0) is 45.9 Å². The maximum atomic E-state index is 12.7. The molecule has 0 aromatic heterocycles. The topological polar surface area (TPSA) is 78.5 Å². The summed E-state index contributed by atoms with van der Waals surface area (Å²) in [5.74, 6) is -0.132. The molecule has 1 aliphatic heterocycles. The lowest BCUT2D eigenvalue weighted by Crippen LogP contribution is -2.57. The fourth-order valence-corrected chi connectivity index (χ4v) is 3.98. The Kier molecular flexibility index (Phi) is 5.44. The van der Waals surface area contributed by atoms with E-state index in [2.05, 4.69) is 10.0 Å². The van der Waals surface area contributed by atoms with Crippen molar-refractivity contribution in [2.24, 2.45) is 0 Å². The van der Waals surface area contributed by atoms with E-state index >= 15 is 0 Å². The average Bonchev–Trinajstić information content (AvgIpc) is 2.48. The molecular formula is C16H25N3O3S. The first-order chi connectivity index (χ1) is 10.7. The lowest BCUT2D eigenvalue weighted by molar-refractivity contribution is 0.0602. The van der Waals surface area contributed by atoms with Gasteiger partial charge in [-0.15, -0.1) is 0 Å². The second-order valence-corrected chi connectivity index (χ2v) is 8.00. The van der Waals surface area contributed by atoms with Crippen molar-refractivity contribution in [1.29, 1.82) is 0 Å². The van der Waals surface area contributed by atoms with E-state index < -0.39 is 10.0 Å². The average molecular weight is 339 g/mol. The van der Waals surface area contributed by atoms with Crippen LogP contribution in [-0.4, -0.2) is 50.4 Å². The second-order valence-electron chi connectivity index (χ2n) is 6.29. The van der Waals surface area contributed by atoms with Crippen molar-refractivity contribution in [2.45, 2.75) is 50.7 Å². The summed E-state index contributed by atoms with van der Waals surface area (Å²) < 4.78 is 27.1. The minimum atomic E-state index is -3.60. The van der Waals surface area contributed by atoms with Gasteiger partial charge in [-0.25, -0.2) is 13.1 Å². The lowest BCUT2D eigenvalue weighted by Gasteiger charge is -2.38. The summed E-state index contributed by atoms with van der Waals surface area (Å²) in [7, 11) is -3.60. The molecule has 6 nitrogen and oxygen atoms in total. The van der Waals surface area contributed by atoms with Gasteiger partial charge in [0.1, 0.15) is 0 Å². The van der Waals surface area contributed by atoms with Crippen LogP contribution in [-0.2, 0) is 10.0 Å². The third kappa shape index (κ3) is 4.10. The number of nitrogens with one attached hydrogen (secondary N) is 2. The predicted molar refractivity (Wildman–Crippen MR) is 89.9 cm³/mol. The number of carbonyl (C=O) groups is 1. The molecule has 7 heteroatoms. The van der Waals surface area contributed by atoms with Gasteiger partial charge in [0.15, 0.2) is 0 Å². The van der Waals surface area contributed by atoms with Crippen molar-refractivity contribution in [1.82, 2.24) is 14.9 Å². The molecule has 0 aliphatic carbocycles. The van der Waals surface area contributed by atoms with Gasteiger partial charge in [0.2, 0.25) is 10.0 Å². The maximum Gasteiger partial charge on any atom is 0.254 e. The van der Waals surface area contributed by atoms with Gasteiger partial charge in [-0.1, -0.05) is 6.07 Å². The number of rotatable bonds is 4. The third-order valence-corrected chi connectivity index (χ3v) is 5.73. The van der Waals surface area contributed by atoms with Crippen molar-refractivity contribution in [3.8, 4) is 0 Å². The zero-order chi connectivity index (χ0) is 17.2. The molecular weight excluding hydrogens is 314 g/mol. The number of hydrogen-bond acceptors (Lipinski definition) is 4. The number of benzene rings is 1. The van der Waals surface area contributed by atoms with Crippen LogP contribution in [0, 0.1) is 0 Å². The van der Waals surface area contributed by atoms with Crippen LogP contribution in [0.15, 0.2) is 29.2 Å². The van der Waals surface area contributed by atoms with Gasteiger partial charge in [0.05, 0.1) is 4.90 Å². The minimum Gasteiger partial charge on any atom is -0.333 e. The number of sulfonamides is 1. The Labute approximate surface area is 138 Å². The van der Waals surface area contributed by atoms with Crippen molar-refractivity contribution in [3.05, 3.63) is 29.8 Å². The Balaban J connectivity index is 2.27. The first kappa shape index (κ1) is 17.9. The van der Waals surface area contributed by atoms with Gasteiger partial charge in [0, 0.05) is 36.8 Å². The Bertz CT molecular complexity index is 673. The predicted octanol–water partition coefficient (Wildman–Crippen LogP) is 1.20. The number of piperazine rings is 1. The number of carbonyl (C=O) groups excluding carboxylic acids is 1. The molecule has 1 aromatic rings. The molecule has 128 valence electrons. The van der Waals surface area contributed by atoms with Crippen LogP contribution in [0.4, 0.5) is 0 Å². The van der Waals surface area contributed by atoms with Crippen LogP contribution in [0.25, 0.3) is 0 Å². The highest BCUT2D eigenvalue weighted by Gasteiger charge is 2.29. The van der Waals surface area contributed by atoms with E-state index in [1.165, 1.54) is 12.1 Å². The highest BCUT2D eigenvalue weighted by atomic mass is 32.2. The summed E-state index contributed by atoms with van der Waals surface area (Å²) in [6.45, 7) is 8.91. The molecule has 1 aliphatic rings. The lowest BCUT2D eigenvalue weighted by atomic mass is 10.1. The van der Waals surface area contributed by atoms with E-state index in [0.717, 1.165) is 6.54 Å². The van der Waals surface area contributed by atoms with E-state index in [-0.39, 0.29) is 28.9 Å². The zero-order valence-corrected chi connectivity index (χ0v) is 14.9. The molecule has 1 saturated heterocycles. The molecule has 1 aromatic carbocycles. The van der Waals surface area contributed by atoms with Gasteiger partial charge >= 0.3 is 0 Å². The quantitative estimate of drug-likeness (QED) is 0.864. The first-order valence-corrected chi connectivity index (χ1v) is 9.37. The highest BCUT2D eigenvalue weighted by Crippen LogP contribution is 2.17. The van der Waals surface area contributed by atoms with Crippen molar-refractivity contribution >= 4 is 15.9 Å². The Morgan fingerprint density at radius 3 is 2.70 bits per heavy atom. The van der Waals surface area contributed by atoms with E-state index in [9.17, 15) is 13.2 Å². The Morgan fingerprint density at radius 2 is 2.04 bits per heavy atom. The number of amides is 1. The van der Waals surface area contributed by atoms with Gasteiger partial charge in [0.25, 0.3) is 5.91 Å². The van der Waals surface area contributed by atoms with Crippen LogP contribution < -0.4 is 10.0 Å². The molecule has 23 heavy (non-hydrogen) atoms. The van der Waals surface area contributed by atoms with Crippen molar-refractivity contribution in [2.75, 3.05) is 13.1 Å². The molecule has 2 unspecified atom stereocenters. The first-order valence-electron chi connectivity index (χ1n) is 7.89. The second kappa shape index (κ2) is 6.98. The standard InChI is InChI=1S/C16H25N3O3S/c1-11(2)18-23(21,22)15-7-5-6-14(10-15)16(20)19-9-8-17-12(3)13(19)4/h5-7,10-13,17-18H,8-9H2,1-4H3. The summed E-state index contributed by atoms with van der Waals surface area (Å²) in [4.78, 5) is 14.7. The van der Waals surface area contributed by atoms with Crippen LogP contribution in [0.5, 0.6) is 0 Å². The highest BCUT2D eigenvalue weighted by molar-refractivity contribution is 7.89. The van der Waals surface area contributed by atoms with Gasteiger partial charge < -0.3 is 10.2 Å². The van der Waals surface area contributed by atoms with E-state index in [4.69, 9.17) is 0 Å². The van der Waals surface area contributed by atoms with E-state index in [0.29, 0.717) is 12.1 Å². The fraction of sp³-hybridized carbons (Fsp3) is 0.562. The number of hydrogen-bond donors (Lipinski definition) is 2. The largest absolute Gasteiger partial charge is 0.333 e. The summed E-state index contributed by atoms with van der Waals surface area (Å²) in [6, 6.07) is 6.30. The minimum absolute atomic E-state index is 0.0605. The molecule has 0 saturated carbocycles. The molecule has 2 rings (SSSR count). The monoisotopic (exact) mass is 339 g/mol. The van der Waals surface area contributed by atoms with E-state index in [1.54, 1.807) is 30.9 Å². The summed E-state index contributed by atoms with van der Waals surface area (Å²) >= 11 is 0. The van der Waals surface area contributed by atoms with E-state index in [1.807, 2.05) is 13.8 Å². The van der Waals surface area contributed by atoms with Crippen LogP contribution >= 0.6 is 0 Å². The molecule has 2 N–H and O–H groups in total. The molecule has 1 heterocycles. The van der Waals surface area contributed by atoms with Crippen molar-refractivity contribution < 1.29 is 13.2 Å². The molecule has 1 fully saturated rings. The SMILES string of the molecule is CC(C)NS(=O)(=O)c1cccc(C(=O)N2CCNC(C)C2C)c1. The van der Waals surface area contributed by atoms with Crippen molar-refractivity contribution in [3.63, 3.8) is 0 Å². The fourth-order valence-electron chi connectivity index (χ4n) is 2.68. The smallest absolute Gasteiger partial charge is 0.254 e. The molecule has 2 atom stereocenters. The number of nitrogens with zero attached hydrogens (tertiary/aromatic N) is 1. The Hall–Kier alpha value is -1.44. The maximum absolute atomic E-state index is 12.7. The molecule has 0 bridgehead atoms. The molecule has 1 amide bonds. The van der Waals surface area contributed by atoms with Gasteiger partial charge in [-0.3, -0.25) is 4.79 Å². The molecule has 0 radical (unpaired) electrons. The third-order valence-electron chi connectivity index (χ3n) is 4.08. The van der Waals surface area contributed by atoms with Crippen LogP contribution in [0.1, 0.15) is 38.1 Å². The summed E-state index contributed by atoms with van der Waals surface area (Å²) in [5, 5.41) is 3.33. The Morgan fingerprint density at radius 1 is 1.35 bits per heavy atom. The summed E-state index contributed by atoms with van der Waals surface area (Å²) in [6.07, 6.45) is 0. The van der Waals surface area contributed by atoms with Crippen LogP contribution in [0.2, 0.25) is 0 Å². The molecule has 0 spiro atoms. The normalized spacial score (nSPS) is 22.4. The summed E-state index contributed by atoms with van der Waals surface area (Å²) in [5.41, 5.74) is 0.401. The van der Waals surface area contributed by atoms with Gasteiger partial charge in [-0.2, -0.15) is 0 Å². The van der Waals surface area contributed by atoms with Crippen LogP contribution in [0.3, 0.4) is 0 Å². The zero-order valence-electron chi connectivity index (χ0n) is 14.0.